The van der Waals surface area contributed by atoms with Gasteiger partial charge in [0.15, 0.2) is 0 Å². The molecule has 1 N–H and O–H groups in total. The molecule has 3 aliphatic heterocycles. The molecule has 3 heterocycles. The molecule has 2 saturated heterocycles. The second-order valence-corrected chi connectivity index (χ2v) is 13.0. The van der Waals surface area contributed by atoms with Crippen molar-refractivity contribution in [1.29, 1.82) is 0 Å². The molecule has 264 valence electrons. The van der Waals surface area contributed by atoms with Gasteiger partial charge in [0.25, 0.3) is 0 Å². The minimum atomic E-state index is -4.62. The van der Waals surface area contributed by atoms with E-state index in [4.69, 9.17) is 32.9 Å². The number of carbonyl (C=O) groups excluding carboxylic acids is 3. The van der Waals surface area contributed by atoms with Gasteiger partial charge in [0.05, 0.1) is 36.9 Å². The smallest absolute Gasteiger partial charge is 0.416 e. The summed E-state index contributed by atoms with van der Waals surface area (Å²) in [6.07, 6.45) is -4.62. The highest BCUT2D eigenvalue weighted by molar-refractivity contribution is 6.30. The maximum absolute atomic E-state index is 14.7. The summed E-state index contributed by atoms with van der Waals surface area (Å²) in [4.78, 5) is 51.3. The number of halogens is 5. The van der Waals surface area contributed by atoms with Crippen LogP contribution in [-0.2, 0) is 15.8 Å². The summed E-state index contributed by atoms with van der Waals surface area (Å²) >= 11 is 12.5. The zero-order valence-electron chi connectivity index (χ0n) is 27.1. The Morgan fingerprint density at radius 2 is 1.52 bits per heavy atom. The third kappa shape index (κ3) is 7.69. The van der Waals surface area contributed by atoms with E-state index in [1.807, 2.05) is 0 Å². The van der Waals surface area contributed by atoms with Crippen LogP contribution < -0.4 is 10.1 Å². The van der Waals surface area contributed by atoms with E-state index in [0.717, 1.165) is 17.7 Å². The zero-order valence-corrected chi connectivity index (χ0v) is 28.6. The highest BCUT2D eigenvalue weighted by Crippen LogP contribution is 2.46. The normalized spacial score (nSPS) is 20.1. The molecule has 3 aromatic rings. The van der Waals surface area contributed by atoms with Gasteiger partial charge in [-0.15, -0.1) is 0 Å². The number of hydrogen-bond acceptors (Lipinski definition) is 6. The van der Waals surface area contributed by atoms with Gasteiger partial charge in [-0.2, -0.15) is 13.2 Å². The summed E-state index contributed by atoms with van der Waals surface area (Å²) < 4.78 is 47.2. The largest absolute Gasteiger partial charge is 0.493 e. The van der Waals surface area contributed by atoms with Gasteiger partial charge < -0.3 is 19.9 Å². The Balaban J connectivity index is 1.36. The molecule has 3 aromatic carbocycles. The number of hydrogen-bond donors (Lipinski definition) is 1. The van der Waals surface area contributed by atoms with Crippen molar-refractivity contribution in [1.82, 2.24) is 24.9 Å². The van der Waals surface area contributed by atoms with Gasteiger partial charge in [-0.25, -0.2) is 4.79 Å². The first-order valence-electron chi connectivity index (χ1n) is 16.2. The average Bonchev–Trinajstić information content (AvgIpc) is 3.48. The molecule has 0 aliphatic carbocycles. The lowest BCUT2D eigenvalue weighted by molar-refractivity contribution is -0.138. The molecule has 3 aliphatic rings. The summed E-state index contributed by atoms with van der Waals surface area (Å²) in [5, 5.41) is 3.74. The van der Waals surface area contributed by atoms with Gasteiger partial charge in [0, 0.05) is 49.3 Å². The second kappa shape index (κ2) is 14.9. The monoisotopic (exact) mass is 730 g/mol. The van der Waals surface area contributed by atoms with Crippen molar-refractivity contribution in [2.24, 2.45) is 4.99 Å². The molecule has 15 heteroatoms. The standard InChI is InChI=1S/C35H35Cl2F3N6O4/c1-2-50-28-19-24(35(38,39)40)7-12-27(28)33-42-31(22-3-8-25(36)9-4-22)32(23-5-10-26(37)11-6-23)46(33)34(49)45-17-15-44(16-18-45)30(48)21-43-14-13-41-29(47)20-43/h3-12,19,31-32H,2,13-18,20-21H2,1H3,(H,41,47). The SMILES string of the molecule is CCOc1cc(C(F)(F)F)ccc1C1=NC(c2ccc(Cl)cc2)C(c2ccc(Cl)cc2)N1C(=O)N1CCN(C(=O)CN2CCNC(=O)C2)CC1. The van der Waals surface area contributed by atoms with Crippen LogP contribution in [-0.4, -0.2) is 102 Å². The highest BCUT2D eigenvalue weighted by Gasteiger charge is 2.45. The fraction of sp³-hybridized carbons (Fsp3) is 0.371. The number of aliphatic imine (C=N–C) groups is 1. The van der Waals surface area contributed by atoms with Crippen LogP contribution in [0.5, 0.6) is 5.75 Å². The Hall–Kier alpha value is -4.33. The summed E-state index contributed by atoms with van der Waals surface area (Å²) in [6, 6.07) is 15.4. The Labute approximate surface area is 297 Å². The predicted molar refractivity (Wildman–Crippen MR) is 182 cm³/mol. The molecule has 0 radical (unpaired) electrons. The van der Waals surface area contributed by atoms with Crippen LogP contribution in [0.1, 0.15) is 41.3 Å². The van der Waals surface area contributed by atoms with E-state index in [1.54, 1.807) is 70.2 Å². The second-order valence-electron chi connectivity index (χ2n) is 12.2. The molecule has 2 atom stereocenters. The summed E-state index contributed by atoms with van der Waals surface area (Å²) in [7, 11) is 0. The minimum Gasteiger partial charge on any atom is -0.493 e. The molecule has 4 amide bonds. The van der Waals surface area contributed by atoms with Crippen LogP contribution in [0.25, 0.3) is 0 Å². The van der Waals surface area contributed by atoms with Crippen LogP contribution in [0.2, 0.25) is 10.0 Å². The maximum atomic E-state index is 14.7. The van der Waals surface area contributed by atoms with Crippen molar-refractivity contribution in [2.75, 3.05) is 59.0 Å². The van der Waals surface area contributed by atoms with Crippen molar-refractivity contribution in [3.8, 4) is 5.75 Å². The van der Waals surface area contributed by atoms with E-state index in [9.17, 15) is 27.6 Å². The number of ether oxygens (including phenoxy) is 1. The minimum absolute atomic E-state index is 0.0627. The molecule has 2 fully saturated rings. The fourth-order valence-electron chi connectivity index (χ4n) is 6.43. The maximum Gasteiger partial charge on any atom is 0.416 e. The number of piperazine rings is 2. The first-order chi connectivity index (χ1) is 23.9. The quantitative estimate of drug-likeness (QED) is 0.339. The Kier molecular flexibility index (Phi) is 10.6. The fourth-order valence-corrected chi connectivity index (χ4v) is 6.68. The third-order valence-electron chi connectivity index (χ3n) is 8.92. The number of rotatable bonds is 7. The highest BCUT2D eigenvalue weighted by atomic mass is 35.5. The van der Waals surface area contributed by atoms with Crippen LogP contribution in [0.4, 0.5) is 18.0 Å². The van der Waals surface area contributed by atoms with Crippen LogP contribution in [0, 0.1) is 0 Å². The van der Waals surface area contributed by atoms with Crippen molar-refractivity contribution >= 4 is 46.9 Å². The summed E-state index contributed by atoms with van der Waals surface area (Å²) in [6.45, 7) is 3.98. The van der Waals surface area contributed by atoms with Crippen molar-refractivity contribution < 1.29 is 32.3 Å². The predicted octanol–water partition coefficient (Wildman–Crippen LogP) is 5.65. The number of nitrogens with one attached hydrogen (secondary N) is 1. The van der Waals surface area contributed by atoms with Crippen LogP contribution in [0.3, 0.4) is 0 Å². The number of amidine groups is 1. The molecular weight excluding hydrogens is 696 g/mol. The number of amides is 4. The van der Waals surface area contributed by atoms with Gasteiger partial charge >= 0.3 is 12.2 Å². The van der Waals surface area contributed by atoms with Crippen molar-refractivity contribution in [2.45, 2.75) is 25.2 Å². The molecular formula is C35H35Cl2F3N6O4. The lowest BCUT2D eigenvalue weighted by Crippen LogP contribution is -2.57. The van der Waals surface area contributed by atoms with E-state index in [-0.39, 0.29) is 74.8 Å². The number of carbonyl (C=O) groups is 3. The Morgan fingerprint density at radius 1 is 0.900 bits per heavy atom. The summed E-state index contributed by atoms with van der Waals surface area (Å²) in [5.74, 6) is -0.181. The van der Waals surface area contributed by atoms with E-state index >= 15 is 0 Å². The molecule has 10 nitrogen and oxygen atoms in total. The first kappa shape index (κ1) is 35.5. The average molecular weight is 732 g/mol. The van der Waals surface area contributed by atoms with Crippen LogP contribution in [0.15, 0.2) is 71.7 Å². The van der Waals surface area contributed by atoms with Gasteiger partial charge in [-0.05, 0) is 60.5 Å². The first-order valence-corrected chi connectivity index (χ1v) is 17.0. The molecule has 0 bridgehead atoms. The van der Waals surface area contributed by atoms with Gasteiger partial charge in [0.1, 0.15) is 17.6 Å². The van der Waals surface area contributed by atoms with E-state index < -0.39 is 29.9 Å². The summed E-state index contributed by atoms with van der Waals surface area (Å²) in [5.41, 5.74) is 0.762. The van der Waals surface area contributed by atoms with E-state index in [2.05, 4.69) is 5.32 Å². The molecule has 0 aromatic heterocycles. The van der Waals surface area contributed by atoms with Crippen molar-refractivity contribution in [3.63, 3.8) is 0 Å². The topological polar surface area (TPSA) is 97.8 Å². The molecule has 2 unspecified atom stereocenters. The number of benzene rings is 3. The van der Waals surface area contributed by atoms with Gasteiger partial charge in [0.2, 0.25) is 11.8 Å². The number of alkyl halides is 3. The Bertz CT molecular complexity index is 1770. The molecule has 0 spiro atoms. The van der Waals surface area contributed by atoms with Crippen LogP contribution >= 0.6 is 23.2 Å². The number of urea groups is 1. The molecule has 6 rings (SSSR count). The zero-order chi connectivity index (χ0) is 35.6. The van der Waals surface area contributed by atoms with E-state index in [0.29, 0.717) is 28.7 Å². The molecule has 0 saturated carbocycles. The Morgan fingerprint density at radius 3 is 2.12 bits per heavy atom. The lowest BCUT2D eigenvalue weighted by Gasteiger charge is -2.39. The van der Waals surface area contributed by atoms with E-state index in [1.165, 1.54) is 11.0 Å². The third-order valence-corrected chi connectivity index (χ3v) is 9.43. The van der Waals surface area contributed by atoms with Gasteiger partial charge in [-0.1, -0.05) is 47.5 Å². The van der Waals surface area contributed by atoms with Crippen molar-refractivity contribution in [3.05, 3.63) is 99.0 Å². The lowest BCUT2D eigenvalue weighted by atomic mass is 9.93. The molecule has 50 heavy (non-hydrogen) atoms. The number of nitrogens with zero attached hydrogens (tertiary/aromatic N) is 5. The van der Waals surface area contributed by atoms with Gasteiger partial charge in [-0.3, -0.25) is 24.4 Å².